The lowest BCUT2D eigenvalue weighted by molar-refractivity contribution is -0.139. The summed E-state index contributed by atoms with van der Waals surface area (Å²) in [5.74, 6) is -0.529. The minimum absolute atomic E-state index is 0.0459. The van der Waals surface area contributed by atoms with E-state index in [0.29, 0.717) is 23.5 Å². The van der Waals surface area contributed by atoms with Crippen molar-refractivity contribution in [3.8, 4) is 0 Å². The van der Waals surface area contributed by atoms with Crippen LogP contribution < -0.4 is 5.32 Å². The number of anilines is 1. The number of nitrogens with one attached hydrogen (secondary N) is 1. The second-order valence-corrected chi connectivity index (χ2v) is 10.4. The van der Waals surface area contributed by atoms with Gasteiger partial charge in [-0.25, -0.2) is 8.42 Å². The van der Waals surface area contributed by atoms with Gasteiger partial charge in [-0.1, -0.05) is 41.7 Å². The average Bonchev–Trinajstić information content (AvgIpc) is 3.30. The van der Waals surface area contributed by atoms with Crippen LogP contribution in [0.4, 0.5) is 18.9 Å². The van der Waals surface area contributed by atoms with Gasteiger partial charge in [0.1, 0.15) is 5.01 Å². The number of para-hydroxylation sites is 1. The van der Waals surface area contributed by atoms with Gasteiger partial charge in [-0.05, 0) is 37.1 Å². The molecule has 3 aromatic rings. The van der Waals surface area contributed by atoms with Crippen LogP contribution in [0.15, 0.2) is 59.5 Å². The summed E-state index contributed by atoms with van der Waals surface area (Å²) in [6, 6.07) is 13.1. The van der Waals surface area contributed by atoms with E-state index in [2.05, 4.69) is 15.5 Å². The molecule has 4 rings (SSSR count). The van der Waals surface area contributed by atoms with Gasteiger partial charge in [0.2, 0.25) is 15.0 Å². The molecule has 0 saturated carbocycles. The Morgan fingerprint density at radius 3 is 2.30 bits per heavy atom. The van der Waals surface area contributed by atoms with Crippen LogP contribution in [-0.2, 0) is 16.2 Å². The lowest BCUT2D eigenvalue weighted by Crippen LogP contribution is -2.38. The van der Waals surface area contributed by atoms with Gasteiger partial charge < -0.3 is 5.32 Å². The van der Waals surface area contributed by atoms with Crippen LogP contribution in [0.2, 0.25) is 0 Å². The Morgan fingerprint density at radius 2 is 1.64 bits per heavy atom. The first-order chi connectivity index (χ1) is 15.7. The van der Waals surface area contributed by atoms with Crippen molar-refractivity contribution in [3.63, 3.8) is 0 Å². The van der Waals surface area contributed by atoms with E-state index in [0.717, 1.165) is 33.8 Å². The Kier molecular flexibility index (Phi) is 6.50. The molecule has 1 fully saturated rings. The van der Waals surface area contributed by atoms with Gasteiger partial charge in [-0.15, -0.1) is 10.2 Å². The Morgan fingerprint density at radius 1 is 1.00 bits per heavy atom. The zero-order valence-corrected chi connectivity index (χ0v) is 18.8. The first-order valence-electron chi connectivity index (χ1n) is 10.0. The van der Waals surface area contributed by atoms with E-state index in [4.69, 9.17) is 0 Å². The lowest BCUT2D eigenvalue weighted by atomic mass is 9.99. The summed E-state index contributed by atoms with van der Waals surface area (Å²) in [6.07, 6.45) is -4.05. The second-order valence-electron chi connectivity index (χ2n) is 7.44. The summed E-state index contributed by atoms with van der Waals surface area (Å²) in [5, 5.41) is 11.5. The number of amides is 1. The van der Waals surface area contributed by atoms with Gasteiger partial charge in [0, 0.05) is 24.7 Å². The van der Waals surface area contributed by atoms with Crippen molar-refractivity contribution >= 4 is 33.0 Å². The van der Waals surface area contributed by atoms with Crippen LogP contribution >= 0.6 is 11.3 Å². The van der Waals surface area contributed by atoms with Crippen LogP contribution in [0.1, 0.15) is 39.1 Å². The summed E-state index contributed by atoms with van der Waals surface area (Å²) in [5.41, 5.74) is -0.553. The summed E-state index contributed by atoms with van der Waals surface area (Å²) < 4.78 is 66.8. The number of nitrogens with zero attached hydrogens (tertiary/aromatic N) is 3. The summed E-state index contributed by atoms with van der Waals surface area (Å²) in [7, 11) is -4.31. The van der Waals surface area contributed by atoms with Gasteiger partial charge in [0.15, 0.2) is 0 Å². The smallest absolute Gasteiger partial charge is 0.320 e. The number of benzene rings is 2. The SMILES string of the molecule is O=C(Nc1ccccc1)c1nnc(C2CCN(S(=O)(=O)c3ccccc3C(F)(F)F)CC2)s1. The third-order valence-corrected chi connectivity index (χ3v) is 8.32. The molecular formula is C21H19F3N4O3S2. The molecule has 33 heavy (non-hydrogen) atoms. The van der Waals surface area contributed by atoms with E-state index >= 15 is 0 Å². The van der Waals surface area contributed by atoms with Gasteiger partial charge in [0.25, 0.3) is 5.91 Å². The van der Waals surface area contributed by atoms with Crippen LogP contribution in [0.3, 0.4) is 0 Å². The Labute approximate surface area is 192 Å². The zero-order valence-electron chi connectivity index (χ0n) is 17.1. The minimum Gasteiger partial charge on any atom is -0.320 e. The van der Waals surface area contributed by atoms with Gasteiger partial charge in [-0.2, -0.15) is 17.5 Å². The van der Waals surface area contributed by atoms with Crippen LogP contribution in [0, 0.1) is 0 Å². The Balaban J connectivity index is 1.43. The molecule has 2 aromatic carbocycles. The fraction of sp³-hybridized carbons (Fsp3) is 0.286. The summed E-state index contributed by atoms with van der Waals surface area (Å²) in [4.78, 5) is 11.6. The summed E-state index contributed by atoms with van der Waals surface area (Å²) in [6.45, 7) is 0.0919. The van der Waals surface area contributed by atoms with Crippen LogP contribution in [-0.4, -0.2) is 41.9 Å². The number of halogens is 3. The fourth-order valence-electron chi connectivity index (χ4n) is 3.61. The largest absolute Gasteiger partial charge is 0.417 e. The van der Waals surface area contributed by atoms with Crippen LogP contribution in [0.25, 0.3) is 0 Å². The molecule has 1 N–H and O–H groups in total. The predicted octanol–water partition coefficient (Wildman–Crippen LogP) is 4.38. The first kappa shape index (κ1) is 23.3. The highest BCUT2D eigenvalue weighted by Crippen LogP contribution is 2.37. The monoisotopic (exact) mass is 496 g/mol. The number of hydrogen-bond donors (Lipinski definition) is 1. The van der Waals surface area contributed by atoms with Gasteiger partial charge in [0.05, 0.1) is 10.5 Å². The number of alkyl halides is 3. The first-order valence-corrected chi connectivity index (χ1v) is 12.3. The second kappa shape index (κ2) is 9.20. The highest BCUT2D eigenvalue weighted by molar-refractivity contribution is 7.89. The predicted molar refractivity (Wildman–Crippen MR) is 116 cm³/mol. The molecule has 1 aliphatic rings. The molecule has 1 amide bonds. The van der Waals surface area contributed by atoms with E-state index < -0.39 is 32.6 Å². The Hall–Kier alpha value is -2.83. The van der Waals surface area contributed by atoms with E-state index in [-0.39, 0.29) is 24.0 Å². The molecule has 0 atom stereocenters. The third-order valence-electron chi connectivity index (χ3n) is 5.28. The van der Waals surface area contributed by atoms with Crippen molar-refractivity contribution in [1.82, 2.24) is 14.5 Å². The van der Waals surface area contributed by atoms with Crippen molar-refractivity contribution in [1.29, 1.82) is 0 Å². The highest BCUT2D eigenvalue weighted by atomic mass is 32.2. The molecule has 1 aliphatic heterocycles. The molecule has 1 aromatic heterocycles. The molecule has 1 saturated heterocycles. The molecule has 0 unspecified atom stereocenters. The summed E-state index contributed by atoms with van der Waals surface area (Å²) >= 11 is 1.13. The Bertz CT molecular complexity index is 1240. The zero-order chi connectivity index (χ0) is 23.6. The van der Waals surface area contributed by atoms with Crippen molar-refractivity contribution < 1.29 is 26.4 Å². The number of piperidine rings is 1. The number of carbonyl (C=O) groups excluding carboxylic acids is 1. The average molecular weight is 497 g/mol. The van der Waals surface area contributed by atoms with E-state index in [1.807, 2.05) is 6.07 Å². The van der Waals surface area contributed by atoms with Gasteiger partial charge >= 0.3 is 6.18 Å². The maximum absolute atomic E-state index is 13.3. The van der Waals surface area contributed by atoms with E-state index in [1.165, 1.54) is 6.07 Å². The molecular weight excluding hydrogens is 477 g/mol. The number of aromatic nitrogens is 2. The molecule has 12 heteroatoms. The third kappa shape index (κ3) is 5.07. The normalized spacial score (nSPS) is 16.0. The molecule has 174 valence electrons. The molecule has 2 heterocycles. The maximum atomic E-state index is 13.3. The van der Waals surface area contributed by atoms with E-state index in [9.17, 15) is 26.4 Å². The molecule has 7 nitrogen and oxygen atoms in total. The molecule has 0 bridgehead atoms. The molecule has 0 aliphatic carbocycles. The number of carbonyl (C=O) groups is 1. The van der Waals surface area contributed by atoms with Crippen molar-refractivity contribution in [2.75, 3.05) is 18.4 Å². The van der Waals surface area contributed by atoms with Crippen molar-refractivity contribution in [3.05, 3.63) is 70.2 Å². The molecule has 0 radical (unpaired) electrons. The van der Waals surface area contributed by atoms with Crippen LogP contribution in [0.5, 0.6) is 0 Å². The molecule has 0 spiro atoms. The number of rotatable bonds is 5. The van der Waals surface area contributed by atoms with Crippen molar-refractivity contribution in [2.24, 2.45) is 0 Å². The van der Waals surface area contributed by atoms with Gasteiger partial charge in [-0.3, -0.25) is 4.79 Å². The number of hydrogen-bond acceptors (Lipinski definition) is 6. The standard InChI is InChI=1S/C21H19F3N4O3S2/c22-21(23,24)16-8-4-5-9-17(16)33(30,31)28-12-10-14(11-13-28)19-26-27-20(32-19)18(29)25-15-6-2-1-3-7-15/h1-9,14H,10-13H2,(H,25,29). The lowest BCUT2D eigenvalue weighted by Gasteiger charge is -2.30. The minimum atomic E-state index is -4.77. The topological polar surface area (TPSA) is 92.3 Å². The number of sulfonamides is 1. The van der Waals surface area contributed by atoms with E-state index in [1.54, 1.807) is 24.3 Å². The van der Waals surface area contributed by atoms with Crippen molar-refractivity contribution in [2.45, 2.75) is 29.8 Å². The quantitative estimate of drug-likeness (QED) is 0.566. The fourth-order valence-corrected chi connectivity index (χ4v) is 6.19. The maximum Gasteiger partial charge on any atom is 0.417 e. The highest BCUT2D eigenvalue weighted by Gasteiger charge is 2.40.